The summed E-state index contributed by atoms with van der Waals surface area (Å²) in [5.74, 6) is -0.103. The highest BCUT2D eigenvalue weighted by molar-refractivity contribution is 6.35. The molecule has 2 aliphatic heterocycles. The molecule has 2 amide bonds. The molecule has 0 unspecified atom stereocenters. The lowest BCUT2D eigenvalue weighted by Crippen LogP contribution is -2.49. The second-order valence-electron chi connectivity index (χ2n) is 10.2. The monoisotopic (exact) mass is 565 g/mol. The minimum Gasteiger partial charge on any atom is -0.372 e. The quantitative estimate of drug-likeness (QED) is 0.403. The summed E-state index contributed by atoms with van der Waals surface area (Å²) in [6, 6.07) is 17.8. The Labute approximate surface area is 239 Å². The van der Waals surface area contributed by atoms with Crippen molar-refractivity contribution in [3.8, 4) is 0 Å². The number of carbonyl (C=O) groups is 2. The summed E-state index contributed by atoms with van der Waals surface area (Å²) in [6.07, 6.45) is 2.61. The maximum absolute atomic E-state index is 12.9. The van der Waals surface area contributed by atoms with E-state index in [2.05, 4.69) is 38.3 Å². The van der Waals surface area contributed by atoms with Crippen molar-refractivity contribution < 1.29 is 9.59 Å². The van der Waals surface area contributed by atoms with E-state index in [1.807, 2.05) is 42.2 Å². The van der Waals surface area contributed by atoms with Gasteiger partial charge >= 0.3 is 0 Å². The van der Waals surface area contributed by atoms with Crippen LogP contribution in [-0.4, -0.2) is 61.0 Å². The second kappa shape index (κ2) is 12.3. The van der Waals surface area contributed by atoms with Crippen LogP contribution in [0.5, 0.6) is 0 Å². The van der Waals surface area contributed by atoms with Crippen LogP contribution in [0.3, 0.4) is 0 Å². The summed E-state index contributed by atoms with van der Waals surface area (Å²) in [6.45, 7) is 7.13. The third-order valence-corrected chi connectivity index (χ3v) is 8.09. The minimum atomic E-state index is -0.0912. The molecule has 2 fully saturated rings. The average Bonchev–Trinajstić information content (AvgIpc) is 3.49. The first-order valence-electron chi connectivity index (χ1n) is 13.4. The first kappa shape index (κ1) is 27.3. The van der Waals surface area contributed by atoms with Crippen molar-refractivity contribution in [2.24, 2.45) is 0 Å². The molecular formula is C30H33Cl2N5O2. The van der Waals surface area contributed by atoms with Crippen molar-refractivity contribution in [1.29, 1.82) is 0 Å². The van der Waals surface area contributed by atoms with E-state index in [1.54, 1.807) is 6.07 Å². The van der Waals surface area contributed by atoms with Crippen molar-refractivity contribution in [3.63, 3.8) is 0 Å². The van der Waals surface area contributed by atoms with Gasteiger partial charge in [0, 0.05) is 79.0 Å². The molecule has 7 nitrogen and oxygen atoms in total. The van der Waals surface area contributed by atoms with Crippen LogP contribution in [0, 0.1) is 6.92 Å². The van der Waals surface area contributed by atoms with Crippen LogP contribution in [0.2, 0.25) is 10.2 Å². The van der Waals surface area contributed by atoms with Gasteiger partial charge in [0.15, 0.2) is 0 Å². The summed E-state index contributed by atoms with van der Waals surface area (Å²) >= 11 is 12.5. The van der Waals surface area contributed by atoms with E-state index in [1.165, 1.54) is 18.5 Å². The molecule has 0 aliphatic carbocycles. The molecule has 0 saturated carbocycles. The van der Waals surface area contributed by atoms with Crippen molar-refractivity contribution in [3.05, 3.63) is 87.2 Å². The second-order valence-corrected chi connectivity index (χ2v) is 10.9. The number of aryl methyl sites for hydroxylation is 1. The van der Waals surface area contributed by atoms with Crippen LogP contribution in [-0.2, 0) is 17.8 Å². The zero-order chi connectivity index (χ0) is 27.4. The number of benzene rings is 2. The van der Waals surface area contributed by atoms with Crippen LogP contribution in [0.25, 0.3) is 0 Å². The zero-order valence-electron chi connectivity index (χ0n) is 22.1. The number of carbonyl (C=O) groups excluding carboxylic acids is 2. The molecule has 3 aromatic rings. The van der Waals surface area contributed by atoms with Crippen molar-refractivity contribution >= 4 is 46.4 Å². The fraction of sp³-hybridized carbons (Fsp3) is 0.367. The third kappa shape index (κ3) is 6.65. The van der Waals surface area contributed by atoms with Crippen LogP contribution < -0.4 is 15.1 Å². The molecule has 2 aliphatic rings. The molecule has 1 N–H and O–H groups in total. The van der Waals surface area contributed by atoms with E-state index in [9.17, 15) is 9.59 Å². The highest BCUT2D eigenvalue weighted by Crippen LogP contribution is 2.26. The van der Waals surface area contributed by atoms with Crippen LogP contribution >= 0.6 is 23.2 Å². The molecule has 0 radical (unpaired) electrons. The number of hydrogen-bond donors (Lipinski definition) is 1. The number of amides is 2. The van der Waals surface area contributed by atoms with Gasteiger partial charge in [-0.05, 0) is 67.8 Å². The number of halogens is 2. The van der Waals surface area contributed by atoms with Gasteiger partial charge < -0.3 is 20.0 Å². The van der Waals surface area contributed by atoms with Gasteiger partial charge in [0.1, 0.15) is 5.15 Å². The van der Waals surface area contributed by atoms with Gasteiger partial charge in [-0.3, -0.25) is 9.59 Å². The number of anilines is 2. The van der Waals surface area contributed by atoms with E-state index in [0.29, 0.717) is 48.9 Å². The summed E-state index contributed by atoms with van der Waals surface area (Å²) in [5.41, 5.74) is 5.28. The minimum absolute atomic E-state index is 0.0120. The average molecular weight is 567 g/mol. The molecule has 2 saturated heterocycles. The summed E-state index contributed by atoms with van der Waals surface area (Å²) in [4.78, 5) is 36.3. The van der Waals surface area contributed by atoms with Crippen LogP contribution in [0.1, 0.15) is 40.0 Å². The highest BCUT2D eigenvalue weighted by atomic mass is 35.5. The highest BCUT2D eigenvalue weighted by Gasteiger charge is 2.23. The standard InChI is InChI=1S/C30H33Cl2N5O2/c1-21-17-27(31)26(29(32)34-21)19-28(38)37-15-13-36(14-16-37)24-9-7-23(8-10-24)30(39)33-20-22-5-4-6-25(18-22)35-11-2-3-12-35/h4-10,17-18H,2-3,11-16,19-20H2,1H3,(H,33,39). The van der Waals surface area contributed by atoms with Gasteiger partial charge in [-0.2, -0.15) is 0 Å². The number of nitrogens with one attached hydrogen (secondary N) is 1. The van der Waals surface area contributed by atoms with Gasteiger partial charge in [-0.1, -0.05) is 35.3 Å². The molecule has 3 heterocycles. The lowest BCUT2D eigenvalue weighted by atomic mass is 10.1. The van der Waals surface area contributed by atoms with Crippen molar-refractivity contribution in [1.82, 2.24) is 15.2 Å². The molecule has 204 valence electrons. The van der Waals surface area contributed by atoms with Crippen LogP contribution in [0.15, 0.2) is 54.6 Å². The Bertz CT molecular complexity index is 1310. The lowest BCUT2D eigenvalue weighted by Gasteiger charge is -2.36. The fourth-order valence-electron chi connectivity index (χ4n) is 5.20. The molecule has 9 heteroatoms. The maximum atomic E-state index is 12.9. The summed E-state index contributed by atoms with van der Waals surface area (Å²) in [7, 11) is 0. The number of rotatable bonds is 7. The number of pyridine rings is 1. The Kier molecular flexibility index (Phi) is 8.58. The molecule has 5 rings (SSSR count). The smallest absolute Gasteiger partial charge is 0.251 e. The van der Waals surface area contributed by atoms with Gasteiger partial charge in [-0.15, -0.1) is 0 Å². The third-order valence-electron chi connectivity index (χ3n) is 7.44. The first-order chi connectivity index (χ1) is 18.9. The normalized spacial score (nSPS) is 15.5. The zero-order valence-corrected chi connectivity index (χ0v) is 23.6. The predicted molar refractivity (Wildman–Crippen MR) is 157 cm³/mol. The van der Waals surface area contributed by atoms with E-state index in [-0.39, 0.29) is 23.4 Å². The number of nitrogens with zero attached hydrogens (tertiary/aromatic N) is 4. The number of hydrogen-bond acceptors (Lipinski definition) is 5. The van der Waals surface area contributed by atoms with E-state index >= 15 is 0 Å². The molecule has 1 aromatic heterocycles. The predicted octanol–water partition coefficient (Wildman–Crippen LogP) is 5.12. The summed E-state index contributed by atoms with van der Waals surface area (Å²) < 4.78 is 0. The topological polar surface area (TPSA) is 68.8 Å². The van der Waals surface area contributed by atoms with Crippen molar-refractivity contribution in [2.45, 2.75) is 32.7 Å². The maximum Gasteiger partial charge on any atom is 0.251 e. The Hall–Kier alpha value is -3.29. The Morgan fingerprint density at radius 1 is 0.872 bits per heavy atom. The van der Waals surface area contributed by atoms with E-state index in [4.69, 9.17) is 23.2 Å². The molecule has 0 spiro atoms. The molecule has 0 bridgehead atoms. The van der Waals surface area contributed by atoms with Crippen molar-refractivity contribution in [2.75, 3.05) is 49.1 Å². The number of aromatic nitrogens is 1. The van der Waals surface area contributed by atoms with E-state index in [0.717, 1.165) is 30.0 Å². The molecule has 0 atom stereocenters. The summed E-state index contributed by atoms with van der Waals surface area (Å²) in [5, 5.41) is 3.80. The number of piperazine rings is 1. The van der Waals surface area contributed by atoms with E-state index < -0.39 is 0 Å². The Balaban J connectivity index is 1.11. The largest absolute Gasteiger partial charge is 0.372 e. The molecule has 39 heavy (non-hydrogen) atoms. The van der Waals surface area contributed by atoms with Gasteiger partial charge in [-0.25, -0.2) is 4.98 Å². The lowest BCUT2D eigenvalue weighted by molar-refractivity contribution is -0.130. The Morgan fingerprint density at radius 3 is 2.26 bits per heavy atom. The Morgan fingerprint density at radius 2 is 1.56 bits per heavy atom. The van der Waals surface area contributed by atoms with Gasteiger partial charge in [0.05, 0.1) is 6.42 Å². The van der Waals surface area contributed by atoms with Crippen LogP contribution in [0.4, 0.5) is 11.4 Å². The van der Waals surface area contributed by atoms with Gasteiger partial charge in [0.2, 0.25) is 5.91 Å². The first-order valence-corrected chi connectivity index (χ1v) is 14.2. The SMILES string of the molecule is Cc1cc(Cl)c(CC(=O)N2CCN(c3ccc(C(=O)NCc4cccc(N5CCCC5)c4)cc3)CC2)c(Cl)n1. The van der Waals surface area contributed by atoms with Gasteiger partial charge in [0.25, 0.3) is 5.91 Å². The molecule has 2 aromatic carbocycles. The molecular weight excluding hydrogens is 533 g/mol. The fourth-order valence-corrected chi connectivity index (χ4v) is 5.87.